The van der Waals surface area contributed by atoms with Crippen LogP contribution in [0.5, 0.6) is 5.75 Å². The van der Waals surface area contributed by atoms with Crippen LogP contribution in [0.1, 0.15) is 31.4 Å². The highest BCUT2D eigenvalue weighted by atomic mass is 16.5. The first-order valence-corrected chi connectivity index (χ1v) is 5.36. The van der Waals surface area contributed by atoms with Crippen molar-refractivity contribution < 1.29 is 4.74 Å². The van der Waals surface area contributed by atoms with Gasteiger partial charge in [0.25, 0.3) is 0 Å². The van der Waals surface area contributed by atoms with Gasteiger partial charge in [0.15, 0.2) is 0 Å². The normalized spacial score (nSPS) is 11.5. The van der Waals surface area contributed by atoms with Crippen molar-refractivity contribution in [3.05, 3.63) is 29.3 Å². The van der Waals surface area contributed by atoms with Crippen LogP contribution in [-0.2, 0) is 5.41 Å². The van der Waals surface area contributed by atoms with Gasteiger partial charge in [0.05, 0.1) is 7.11 Å². The Hall–Kier alpha value is -1.02. The lowest BCUT2D eigenvalue weighted by Crippen LogP contribution is -2.22. The molecule has 2 N–H and O–H groups in total. The number of rotatable bonds is 4. The summed E-state index contributed by atoms with van der Waals surface area (Å²) >= 11 is 0. The molecule has 2 nitrogen and oxygen atoms in total. The topological polar surface area (TPSA) is 35.2 Å². The monoisotopic (exact) mass is 207 g/mol. The lowest BCUT2D eigenvalue weighted by Gasteiger charge is -2.27. The second-order valence-corrected chi connectivity index (χ2v) is 4.63. The number of ether oxygens (including phenoxy) is 1. The van der Waals surface area contributed by atoms with Crippen molar-refractivity contribution in [2.75, 3.05) is 13.7 Å². The van der Waals surface area contributed by atoms with Gasteiger partial charge in [-0.2, -0.15) is 0 Å². The van der Waals surface area contributed by atoms with Gasteiger partial charge in [-0.15, -0.1) is 0 Å². The van der Waals surface area contributed by atoms with Gasteiger partial charge in [0, 0.05) is 5.56 Å². The van der Waals surface area contributed by atoms with Gasteiger partial charge in [-0.3, -0.25) is 0 Å². The van der Waals surface area contributed by atoms with Crippen molar-refractivity contribution in [2.24, 2.45) is 5.73 Å². The zero-order valence-corrected chi connectivity index (χ0v) is 10.1. The quantitative estimate of drug-likeness (QED) is 0.823. The van der Waals surface area contributed by atoms with E-state index in [-0.39, 0.29) is 5.41 Å². The van der Waals surface area contributed by atoms with Crippen LogP contribution in [0.25, 0.3) is 0 Å². The molecule has 0 saturated carbocycles. The molecule has 0 unspecified atom stereocenters. The van der Waals surface area contributed by atoms with E-state index in [1.54, 1.807) is 7.11 Å². The molecule has 0 spiro atoms. The second kappa shape index (κ2) is 4.67. The van der Waals surface area contributed by atoms with Crippen LogP contribution in [0.15, 0.2) is 18.2 Å². The van der Waals surface area contributed by atoms with Gasteiger partial charge in [-0.1, -0.05) is 31.5 Å². The molecule has 0 aliphatic heterocycles. The Balaban J connectivity index is 3.15. The lowest BCUT2D eigenvalue weighted by atomic mass is 9.80. The molecule has 1 aromatic carbocycles. The zero-order chi connectivity index (χ0) is 11.5. The number of hydrogen-bond acceptors (Lipinski definition) is 2. The molecule has 0 heterocycles. The number of hydrogen-bond donors (Lipinski definition) is 1. The summed E-state index contributed by atoms with van der Waals surface area (Å²) in [7, 11) is 1.71. The predicted octanol–water partition coefficient (Wildman–Crippen LogP) is 2.63. The van der Waals surface area contributed by atoms with Gasteiger partial charge in [-0.25, -0.2) is 0 Å². The fraction of sp³-hybridized carbons (Fsp3) is 0.538. The van der Waals surface area contributed by atoms with E-state index in [4.69, 9.17) is 10.5 Å². The number of methoxy groups -OCH3 is 1. The Labute approximate surface area is 92.4 Å². The molecule has 1 rings (SSSR count). The van der Waals surface area contributed by atoms with Crippen molar-refractivity contribution in [3.63, 3.8) is 0 Å². The van der Waals surface area contributed by atoms with E-state index in [0.29, 0.717) is 6.54 Å². The molecule has 0 saturated heterocycles. The standard InChI is InChI=1S/C13H21NO/c1-10-5-6-12(15-4)11(9-10)13(2,3)7-8-14/h5-6,9H,7-8,14H2,1-4H3. The van der Waals surface area contributed by atoms with Gasteiger partial charge in [0.1, 0.15) is 5.75 Å². The van der Waals surface area contributed by atoms with E-state index in [9.17, 15) is 0 Å². The molecule has 0 aromatic heterocycles. The van der Waals surface area contributed by atoms with Crippen LogP contribution in [0.3, 0.4) is 0 Å². The minimum atomic E-state index is 0.0755. The SMILES string of the molecule is COc1ccc(C)cc1C(C)(C)CCN. The van der Waals surface area contributed by atoms with Crippen LogP contribution in [0.4, 0.5) is 0 Å². The van der Waals surface area contributed by atoms with Crippen molar-refractivity contribution in [3.8, 4) is 5.75 Å². The van der Waals surface area contributed by atoms with Crippen molar-refractivity contribution in [2.45, 2.75) is 32.6 Å². The van der Waals surface area contributed by atoms with E-state index in [0.717, 1.165) is 12.2 Å². The molecule has 0 amide bonds. The number of benzene rings is 1. The van der Waals surface area contributed by atoms with Crippen LogP contribution in [0.2, 0.25) is 0 Å². The van der Waals surface area contributed by atoms with E-state index in [1.165, 1.54) is 11.1 Å². The van der Waals surface area contributed by atoms with E-state index < -0.39 is 0 Å². The molecule has 0 fully saturated rings. The third-order valence-corrected chi connectivity index (χ3v) is 2.85. The summed E-state index contributed by atoms with van der Waals surface area (Å²) in [6, 6.07) is 6.29. The van der Waals surface area contributed by atoms with Gasteiger partial charge >= 0.3 is 0 Å². The summed E-state index contributed by atoms with van der Waals surface area (Å²) in [6.45, 7) is 7.21. The lowest BCUT2D eigenvalue weighted by molar-refractivity contribution is 0.386. The van der Waals surface area contributed by atoms with Gasteiger partial charge in [-0.05, 0) is 31.4 Å². The fourth-order valence-corrected chi connectivity index (χ4v) is 1.85. The van der Waals surface area contributed by atoms with E-state index >= 15 is 0 Å². The molecule has 0 radical (unpaired) electrons. The summed E-state index contributed by atoms with van der Waals surface area (Å²) in [6.07, 6.45) is 0.965. The molecule has 15 heavy (non-hydrogen) atoms. The van der Waals surface area contributed by atoms with Gasteiger partial charge in [0.2, 0.25) is 0 Å². The number of nitrogens with two attached hydrogens (primary N) is 1. The van der Waals surface area contributed by atoms with Gasteiger partial charge < -0.3 is 10.5 Å². The highest BCUT2D eigenvalue weighted by Gasteiger charge is 2.23. The Kier molecular flexibility index (Phi) is 3.75. The minimum Gasteiger partial charge on any atom is -0.496 e. The summed E-state index contributed by atoms with van der Waals surface area (Å²) in [5.41, 5.74) is 8.22. The second-order valence-electron chi connectivity index (χ2n) is 4.63. The fourth-order valence-electron chi connectivity index (χ4n) is 1.85. The predicted molar refractivity (Wildman–Crippen MR) is 64.4 cm³/mol. The first kappa shape index (κ1) is 12.1. The molecule has 2 heteroatoms. The van der Waals surface area contributed by atoms with Crippen molar-refractivity contribution in [1.82, 2.24) is 0 Å². The Bertz CT molecular complexity index is 331. The van der Waals surface area contributed by atoms with Crippen LogP contribution in [-0.4, -0.2) is 13.7 Å². The first-order valence-electron chi connectivity index (χ1n) is 5.36. The van der Waals surface area contributed by atoms with E-state index in [1.807, 2.05) is 6.07 Å². The van der Waals surface area contributed by atoms with Crippen LogP contribution in [0, 0.1) is 6.92 Å². The Morgan fingerprint density at radius 3 is 2.53 bits per heavy atom. The molecular formula is C13H21NO. The minimum absolute atomic E-state index is 0.0755. The molecular weight excluding hydrogens is 186 g/mol. The maximum Gasteiger partial charge on any atom is 0.122 e. The molecule has 0 bridgehead atoms. The highest BCUT2D eigenvalue weighted by molar-refractivity contribution is 5.41. The summed E-state index contributed by atoms with van der Waals surface area (Å²) in [5.74, 6) is 0.957. The van der Waals surface area contributed by atoms with Crippen LogP contribution >= 0.6 is 0 Å². The smallest absolute Gasteiger partial charge is 0.122 e. The maximum absolute atomic E-state index is 5.64. The summed E-state index contributed by atoms with van der Waals surface area (Å²) in [4.78, 5) is 0. The average molecular weight is 207 g/mol. The van der Waals surface area contributed by atoms with Crippen molar-refractivity contribution in [1.29, 1.82) is 0 Å². The molecule has 1 aromatic rings. The largest absolute Gasteiger partial charge is 0.496 e. The Morgan fingerprint density at radius 1 is 1.33 bits per heavy atom. The van der Waals surface area contributed by atoms with E-state index in [2.05, 4.69) is 32.9 Å². The molecule has 0 atom stereocenters. The zero-order valence-electron chi connectivity index (χ0n) is 10.1. The number of aryl methyl sites for hydroxylation is 1. The highest BCUT2D eigenvalue weighted by Crippen LogP contribution is 2.34. The third kappa shape index (κ3) is 2.72. The third-order valence-electron chi connectivity index (χ3n) is 2.85. The molecule has 0 aliphatic rings. The molecule has 84 valence electrons. The Morgan fingerprint density at radius 2 is 2.00 bits per heavy atom. The maximum atomic E-state index is 5.64. The summed E-state index contributed by atoms with van der Waals surface area (Å²) < 4.78 is 5.39. The molecule has 0 aliphatic carbocycles. The summed E-state index contributed by atoms with van der Waals surface area (Å²) in [5, 5.41) is 0. The first-order chi connectivity index (χ1) is 7.01. The van der Waals surface area contributed by atoms with Crippen LogP contribution < -0.4 is 10.5 Å². The average Bonchev–Trinajstić information content (AvgIpc) is 2.17. The van der Waals surface area contributed by atoms with Crippen molar-refractivity contribution >= 4 is 0 Å².